The lowest BCUT2D eigenvalue weighted by atomic mass is 9.45. The smallest absolute Gasteiger partial charge is 0.261 e. The minimum Gasteiger partial charge on any atom is -0.340 e. The van der Waals surface area contributed by atoms with Crippen molar-refractivity contribution in [1.82, 2.24) is 29.6 Å². The summed E-state index contributed by atoms with van der Waals surface area (Å²) in [6.45, 7) is 21.3. The zero-order valence-corrected chi connectivity index (χ0v) is 26.3. The summed E-state index contributed by atoms with van der Waals surface area (Å²) in [7, 11) is 2.16. The fraction of sp³-hybridized carbons (Fsp3) is 0.667. The minimum atomic E-state index is -0.00160. The number of guanidine groups is 1. The number of allylic oxidation sites excluding steroid dienone is 1. The molecule has 5 fully saturated rings. The van der Waals surface area contributed by atoms with E-state index < -0.39 is 0 Å². The number of piperazine rings is 2. The third-order valence-electron chi connectivity index (χ3n) is 10.8. The van der Waals surface area contributed by atoms with Crippen molar-refractivity contribution in [3.63, 3.8) is 0 Å². The first-order valence-corrected chi connectivity index (χ1v) is 16.0. The molecule has 2 saturated heterocycles. The van der Waals surface area contributed by atoms with Crippen LogP contribution in [0, 0.1) is 23.2 Å². The standard InChI is InChI=1S/C33H50N8O/c1-7-11-41-30(21-39-15-13-38(6)14-16-39)36-29-19-25(8-9-26(29)31(41)42)35-32(40-12-10-34-22(2)20-40)37-28-18-24-17-27(23(28)3)33(24,4)5/h7-9,19,22-24,27-28,34H,1,10-18,20-21H2,2-6H3,(H,35,37)/t22-,23+,24-,27-,28-/m0/s1. The number of nitrogens with zero attached hydrogens (tertiary/aromatic N) is 6. The molecule has 3 aliphatic carbocycles. The Kier molecular flexibility index (Phi) is 8.19. The van der Waals surface area contributed by atoms with Gasteiger partial charge in [-0.15, -0.1) is 6.58 Å². The van der Waals surface area contributed by atoms with Gasteiger partial charge in [-0.25, -0.2) is 9.98 Å². The first-order valence-electron chi connectivity index (χ1n) is 16.0. The Hall–Kier alpha value is -2.75. The quantitative estimate of drug-likeness (QED) is 0.311. The fourth-order valence-electron chi connectivity index (χ4n) is 7.89. The monoisotopic (exact) mass is 574 g/mol. The summed E-state index contributed by atoms with van der Waals surface area (Å²) < 4.78 is 1.78. The number of fused-ring (bicyclic) bond motifs is 3. The molecule has 9 heteroatoms. The lowest BCUT2D eigenvalue weighted by Crippen LogP contribution is -2.57. The van der Waals surface area contributed by atoms with Crippen LogP contribution in [0.25, 0.3) is 10.9 Å². The molecular weight excluding hydrogens is 524 g/mol. The lowest BCUT2D eigenvalue weighted by Gasteiger charge is -2.61. The van der Waals surface area contributed by atoms with Crippen molar-refractivity contribution in [2.75, 3.05) is 58.2 Å². The zero-order chi connectivity index (χ0) is 29.6. The largest absolute Gasteiger partial charge is 0.340 e. The Morgan fingerprint density at radius 1 is 1.19 bits per heavy atom. The Labute approximate surface area is 251 Å². The van der Waals surface area contributed by atoms with Gasteiger partial charge in [0.1, 0.15) is 5.82 Å². The summed E-state index contributed by atoms with van der Waals surface area (Å²) in [5.74, 6) is 3.83. The van der Waals surface area contributed by atoms with Crippen LogP contribution in [0.15, 0.2) is 40.6 Å². The molecular formula is C33H50N8O. The van der Waals surface area contributed by atoms with Crippen molar-refractivity contribution >= 4 is 22.5 Å². The van der Waals surface area contributed by atoms with Gasteiger partial charge < -0.3 is 20.4 Å². The lowest BCUT2D eigenvalue weighted by molar-refractivity contribution is -0.108. The van der Waals surface area contributed by atoms with Crippen molar-refractivity contribution in [1.29, 1.82) is 0 Å². The molecule has 5 atom stereocenters. The first kappa shape index (κ1) is 29.3. The van der Waals surface area contributed by atoms with Crippen LogP contribution in [0.1, 0.15) is 46.4 Å². The highest BCUT2D eigenvalue weighted by atomic mass is 16.1. The van der Waals surface area contributed by atoms with E-state index in [9.17, 15) is 4.79 Å². The molecule has 228 valence electrons. The number of aromatic nitrogens is 2. The van der Waals surface area contributed by atoms with Crippen LogP contribution in [0.5, 0.6) is 0 Å². The second-order valence-corrected chi connectivity index (χ2v) is 13.9. The van der Waals surface area contributed by atoms with E-state index in [-0.39, 0.29) is 5.56 Å². The second kappa shape index (κ2) is 11.7. The highest BCUT2D eigenvalue weighted by Gasteiger charge is 2.56. The van der Waals surface area contributed by atoms with Crippen LogP contribution in [0.4, 0.5) is 5.69 Å². The highest BCUT2D eigenvalue weighted by molar-refractivity contribution is 5.96. The summed E-state index contributed by atoms with van der Waals surface area (Å²) in [5.41, 5.74) is 2.10. The summed E-state index contributed by atoms with van der Waals surface area (Å²) >= 11 is 0. The molecule has 3 saturated carbocycles. The number of benzene rings is 1. The van der Waals surface area contributed by atoms with Crippen molar-refractivity contribution in [3.05, 3.63) is 47.0 Å². The highest BCUT2D eigenvalue weighted by Crippen LogP contribution is 2.61. The van der Waals surface area contributed by atoms with Crippen LogP contribution >= 0.6 is 0 Å². The van der Waals surface area contributed by atoms with E-state index in [1.807, 2.05) is 18.2 Å². The normalized spacial score (nSPS) is 30.3. The van der Waals surface area contributed by atoms with Gasteiger partial charge in [0.2, 0.25) is 0 Å². The van der Waals surface area contributed by atoms with E-state index in [4.69, 9.17) is 9.98 Å². The SMILES string of the molecule is C=CCn1c(CN2CCN(C)CC2)nc2cc(NC(=N[C@H]3C[C@@H]4C[C@@H]([C@H]3C)C4(C)C)N3CCN[C@@H](C)C3)ccc2c1=O. The number of hydrogen-bond acceptors (Lipinski definition) is 6. The number of anilines is 1. The second-order valence-electron chi connectivity index (χ2n) is 13.9. The van der Waals surface area contributed by atoms with Crippen LogP contribution in [0.2, 0.25) is 0 Å². The van der Waals surface area contributed by atoms with Crippen molar-refractivity contribution < 1.29 is 0 Å². The Bertz CT molecular complexity index is 1390. The predicted octanol–water partition coefficient (Wildman–Crippen LogP) is 3.46. The molecule has 3 heterocycles. The van der Waals surface area contributed by atoms with E-state index in [0.717, 1.165) is 87.1 Å². The van der Waals surface area contributed by atoms with E-state index in [2.05, 4.69) is 66.7 Å². The predicted molar refractivity (Wildman–Crippen MR) is 172 cm³/mol. The van der Waals surface area contributed by atoms with E-state index in [0.29, 0.717) is 41.9 Å². The number of nitrogens with one attached hydrogen (secondary N) is 2. The van der Waals surface area contributed by atoms with Gasteiger partial charge in [0.15, 0.2) is 5.96 Å². The van der Waals surface area contributed by atoms with E-state index >= 15 is 0 Å². The van der Waals surface area contributed by atoms with Gasteiger partial charge in [0.05, 0.1) is 23.5 Å². The van der Waals surface area contributed by atoms with Crippen molar-refractivity contribution in [3.8, 4) is 0 Å². The molecule has 0 spiro atoms. The topological polar surface area (TPSA) is 81.0 Å². The average molecular weight is 575 g/mol. The number of rotatable bonds is 6. The Morgan fingerprint density at radius 3 is 2.67 bits per heavy atom. The van der Waals surface area contributed by atoms with Crippen LogP contribution in [-0.4, -0.2) is 95.2 Å². The van der Waals surface area contributed by atoms with Gasteiger partial charge in [0.25, 0.3) is 5.56 Å². The number of aliphatic imine (C=N–C) groups is 1. The van der Waals surface area contributed by atoms with Crippen LogP contribution in [-0.2, 0) is 13.1 Å². The zero-order valence-electron chi connectivity index (χ0n) is 26.3. The Morgan fingerprint density at radius 2 is 1.98 bits per heavy atom. The van der Waals surface area contributed by atoms with Gasteiger partial charge in [-0.2, -0.15) is 0 Å². The summed E-state index contributed by atoms with van der Waals surface area (Å²) in [4.78, 5) is 31.3. The molecule has 5 aliphatic rings. The van der Waals surface area contributed by atoms with Gasteiger partial charge >= 0.3 is 0 Å². The maximum atomic E-state index is 13.6. The molecule has 2 aliphatic heterocycles. The van der Waals surface area contributed by atoms with Crippen LogP contribution < -0.4 is 16.2 Å². The molecule has 2 aromatic rings. The number of hydrogen-bond donors (Lipinski definition) is 2. The number of likely N-dealkylation sites (N-methyl/N-ethyl adjacent to an activating group) is 1. The molecule has 1 aromatic heterocycles. The molecule has 0 amide bonds. The van der Waals surface area contributed by atoms with Gasteiger partial charge in [-0.3, -0.25) is 14.3 Å². The first-order chi connectivity index (χ1) is 20.1. The van der Waals surface area contributed by atoms with E-state index in [1.165, 1.54) is 6.42 Å². The summed E-state index contributed by atoms with van der Waals surface area (Å²) in [6, 6.07) is 6.70. The maximum Gasteiger partial charge on any atom is 0.261 e. The molecule has 1 aromatic carbocycles. The van der Waals surface area contributed by atoms with Crippen molar-refractivity contribution in [2.24, 2.45) is 28.2 Å². The summed E-state index contributed by atoms with van der Waals surface area (Å²) in [6.07, 6.45) is 4.30. The van der Waals surface area contributed by atoms with E-state index in [1.54, 1.807) is 10.6 Å². The third-order valence-corrected chi connectivity index (χ3v) is 10.8. The van der Waals surface area contributed by atoms with Gasteiger partial charge in [-0.1, -0.05) is 26.8 Å². The minimum absolute atomic E-state index is 0.00160. The molecule has 2 bridgehead atoms. The molecule has 2 N–H and O–H groups in total. The van der Waals surface area contributed by atoms with Crippen molar-refractivity contribution in [2.45, 2.75) is 65.7 Å². The third kappa shape index (κ3) is 5.63. The van der Waals surface area contributed by atoms with Crippen LogP contribution in [0.3, 0.4) is 0 Å². The van der Waals surface area contributed by atoms with Gasteiger partial charge in [0, 0.05) is 64.1 Å². The Balaban J connectivity index is 1.31. The summed E-state index contributed by atoms with van der Waals surface area (Å²) in [5, 5.41) is 7.92. The average Bonchev–Trinajstić information content (AvgIpc) is 2.96. The fourth-order valence-corrected chi connectivity index (χ4v) is 7.89. The molecule has 0 unspecified atom stereocenters. The maximum absolute atomic E-state index is 13.6. The molecule has 7 rings (SSSR count). The molecule has 42 heavy (non-hydrogen) atoms. The molecule has 0 radical (unpaired) electrons. The molecule has 9 nitrogen and oxygen atoms in total. The van der Waals surface area contributed by atoms with Gasteiger partial charge in [-0.05, 0) is 68.2 Å².